The first-order valence-electron chi connectivity index (χ1n) is 7.92. The number of phenols is 1. The van der Waals surface area contributed by atoms with E-state index in [1.807, 2.05) is 13.1 Å². The highest BCUT2D eigenvalue weighted by atomic mass is 16.5. The van der Waals surface area contributed by atoms with E-state index in [1.165, 1.54) is 36.8 Å². The second-order valence-corrected chi connectivity index (χ2v) is 7.27. The molecule has 20 heavy (non-hydrogen) atoms. The number of hydroxylamine groups is 3. The van der Waals surface area contributed by atoms with Gasteiger partial charge in [-0.2, -0.15) is 0 Å². The van der Waals surface area contributed by atoms with Crippen molar-refractivity contribution in [3.63, 3.8) is 0 Å². The largest absolute Gasteiger partial charge is 0.633 e. The van der Waals surface area contributed by atoms with Gasteiger partial charge in [0.15, 0.2) is 0 Å². The van der Waals surface area contributed by atoms with Crippen LogP contribution in [0.2, 0.25) is 0 Å². The van der Waals surface area contributed by atoms with Gasteiger partial charge in [0, 0.05) is 24.2 Å². The van der Waals surface area contributed by atoms with E-state index in [1.54, 1.807) is 6.07 Å². The van der Waals surface area contributed by atoms with Crippen molar-refractivity contribution in [3.05, 3.63) is 34.5 Å². The molecule has 4 rings (SSSR count). The normalized spacial score (nSPS) is 42.7. The summed E-state index contributed by atoms with van der Waals surface area (Å²) in [5.41, 5.74) is 2.85. The average Bonchev–Trinajstić information content (AvgIpc) is 2.44. The Kier molecular flexibility index (Phi) is 2.52. The van der Waals surface area contributed by atoms with Gasteiger partial charge in [0.1, 0.15) is 5.75 Å². The maximum Gasteiger partial charge on any atom is 0.115 e. The topological polar surface area (TPSA) is 43.3 Å². The molecular formula is C17H23NO2. The molecule has 3 heteroatoms. The summed E-state index contributed by atoms with van der Waals surface area (Å²) >= 11 is 0. The molecule has 0 spiro atoms. The van der Waals surface area contributed by atoms with E-state index in [-0.39, 0.29) is 16.1 Å². The molecule has 3 nitrogen and oxygen atoms in total. The fraction of sp³-hybridized carbons (Fsp3) is 0.647. The van der Waals surface area contributed by atoms with Crippen LogP contribution >= 0.6 is 0 Å². The Balaban J connectivity index is 1.92. The van der Waals surface area contributed by atoms with Gasteiger partial charge in [-0.3, -0.25) is 0 Å². The number of likely N-dealkylation sites (N-methyl/N-ethyl adjacent to an activating group) is 1. The minimum Gasteiger partial charge on any atom is -0.633 e. The summed E-state index contributed by atoms with van der Waals surface area (Å²) in [6, 6.07) is 6.05. The SMILES string of the molecule is C[N+]1([O-])CC[C@]23CCCC[C@@H]2[C@@H]1Cc1ccc(O)cc13. The van der Waals surface area contributed by atoms with Crippen molar-refractivity contribution in [2.24, 2.45) is 5.92 Å². The van der Waals surface area contributed by atoms with Crippen molar-refractivity contribution < 1.29 is 9.75 Å². The molecule has 1 aromatic rings. The Morgan fingerprint density at radius 2 is 2.15 bits per heavy atom. The van der Waals surface area contributed by atoms with Gasteiger partial charge in [-0.25, -0.2) is 0 Å². The Morgan fingerprint density at radius 1 is 1.30 bits per heavy atom. The summed E-state index contributed by atoms with van der Waals surface area (Å²) in [6.45, 7) is 0.732. The van der Waals surface area contributed by atoms with Crippen LogP contribution in [0.25, 0.3) is 0 Å². The second kappa shape index (κ2) is 3.99. The molecule has 0 radical (unpaired) electrons. The van der Waals surface area contributed by atoms with Gasteiger partial charge in [-0.1, -0.05) is 18.9 Å². The number of fused-ring (bicyclic) bond motifs is 1. The third kappa shape index (κ3) is 1.54. The van der Waals surface area contributed by atoms with E-state index in [2.05, 4.69) is 6.07 Å². The predicted octanol–water partition coefficient (Wildman–Crippen LogP) is 3.09. The Labute approximate surface area is 120 Å². The second-order valence-electron chi connectivity index (χ2n) is 7.27. The van der Waals surface area contributed by atoms with E-state index in [0.717, 1.165) is 19.4 Å². The van der Waals surface area contributed by atoms with Crippen LogP contribution in [0.4, 0.5) is 0 Å². The zero-order chi connectivity index (χ0) is 14.0. The molecule has 1 aromatic carbocycles. The van der Waals surface area contributed by atoms with E-state index in [9.17, 15) is 10.3 Å². The number of hydrogen-bond donors (Lipinski definition) is 1. The lowest BCUT2D eigenvalue weighted by Gasteiger charge is -2.63. The van der Waals surface area contributed by atoms with Crippen molar-refractivity contribution in [3.8, 4) is 5.75 Å². The van der Waals surface area contributed by atoms with Gasteiger partial charge in [0.25, 0.3) is 0 Å². The van der Waals surface area contributed by atoms with Gasteiger partial charge in [0.05, 0.1) is 19.6 Å². The average molecular weight is 273 g/mol. The first-order chi connectivity index (χ1) is 9.53. The molecule has 4 atom stereocenters. The van der Waals surface area contributed by atoms with E-state index in [0.29, 0.717) is 11.7 Å². The molecule has 2 fully saturated rings. The number of hydrogen-bond acceptors (Lipinski definition) is 2. The molecule has 2 bridgehead atoms. The van der Waals surface area contributed by atoms with Gasteiger partial charge in [0.2, 0.25) is 0 Å². The summed E-state index contributed by atoms with van der Waals surface area (Å²) in [5.74, 6) is 0.896. The fourth-order valence-electron chi connectivity index (χ4n) is 5.34. The number of aromatic hydroxyl groups is 1. The fourth-order valence-corrected chi connectivity index (χ4v) is 5.34. The molecule has 1 heterocycles. The third-order valence-corrected chi connectivity index (χ3v) is 6.32. The maximum atomic E-state index is 12.9. The molecule has 1 saturated carbocycles. The number of benzene rings is 1. The number of piperidine rings is 1. The van der Waals surface area contributed by atoms with E-state index >= 15 is 0 Å². The summed E-state index contributed by atoms with van der Waals surface area (Å²) in [7, 11) is 1.87. The van der Waals surface area contributed by atoms with Crippen molar-refractivity contribution in [1.29, 1.82) is 0 Å². The van der Waals surface area contributed by atoms with Gasteiger partial charge in [-0.15, -0.1) is 0 Å². The lowest BCUT2D eigenvalue weighted by atomic mass is 9.52. The monoisotopic (exact) mass is 273 g/mol. The molecule has 1 saturated heterocycles. The number of nitrogens with zero attached hydrogens (tertiary/aromatic N) is 1. The summed E-state index contributed by atoms with van der Waals surface area (Å²) in [5, 5.41) is 22.8. The zero-order valence-corrected chi connectivity index (χ0v) is 12.1. The number of rotatable bonds is 0. The molecule has 2 aliphatic carbocycles. The lowest BCUT2D eigenvalue weighted by molar-refractivity contribution is -0.899. The molecular weight excluding hydrogens is 250 g/mol. The van der Waals surface area contributed by atoms with Crippen LogP contribution in [0.15, 0.2) is 18.2 Å². The number of likely N-dealkylation sites (tertiary alicyclic amines) is 1. The molecule has 0 aromatic heterocycles. The van der Waals surface area contributed by atoms with Gasteiger partial charge in [-0.05, 0) is 36.1 Å². The van der Waals surface area contributed by atoms with Crippen LogP contribution in [-0.2, 0) is 11.8 Å². The first-order valence-corrected chi connectivity index (χ1v) is 7.92. The van der Waals surface area contributed by atoms with Crippen molar-refractivity contribution in [2.75, 3.05) is 13.6 Å². The smallest absolute Gasteiger partial charge is 0.115 e. The summed E-state index contributed by atoms with van der Waals surface area (Å²) in [6.07, 6.45) is 6.80. The lowest BCUT2D eigenvalue weighted by Crippen LogP contribution is -2.66. The minimum atomic E-state index is -0.0628. The Bertz CT molecular complexity index is 554. The van der Waals surface area contributed by atoms with Crippen LogP contribution in [0.3, 0.4) is 0 Å². The van der Waals surface area contributed by atoms with Crippen molar-refractivity contribution >= 4 is 0 Å². The van der Waals surface area contributed by atoms with Gasteiger partial charge < -0.3 is 15.0 Å². The van der Waals surface area contributed by atoms with E-state index in [4.69, 9.17) is 0 Å². The quantitative estimate of drug-likeness (QED) is 0.583. The van der Waals surface area contributed by atoms with Gasteiger partial charge >= 0.3 is 0 Å². The molecule has 108 valence electrons. The van der Waals surface area contributed by atoms with Crippen LogP contribution in [0, 0.1) is 11.1 Å². The maximum absolute atomic E-state index is 12.9. The summed E-state index contributed by atoms with van der Waals surface area (Å²) < 4.78 is -0.0628. The van der Waals surface area contributed by atoms with Crippen molar-refractivity contribution in [1.82, 2.24) is 0 Å². The highest BCUT2D eigenvalue weighted by Gasteiger charge is 2.57. The van der Waals surface area contributed by atoms with Crippen LogP contribution in [0.5, 0.6) is 5.75 Å². The zero-order valence-electron chi connectivity index (χ0n) is 12.1. The predicted molar refractivity (Wildman–Crippen MR) is 78.3 cm³/mol. The summed E-state index contributed by atoms with van der Waals surface area (Å²) in [4.78, 5) is 0. The highest BCUT2D eigenvalue weighted by Crippen LogP contribution is 2.57. The molecule has 3 aliphatic rings. The molecule has 0 amide bonds. The Hall–Kier alpha value is -1.06. The molecule has 1 N–H and O–H groups in total. The number of phenolic OH excluding ortho intramolecular Hbond substituents is 1. The van der Waals surface area contributed by atoms with E-state index < -0.39 is 0 Å². The Morgan fingerprint density at radius 3 is 3.00 bits per heavy atom. The van der Waals surface area contributed by atoms with Crippen LogP contribution in [-0.4, -0.2) is 29.4 Å². The van der Waals surface area contributed by atoms with Crippen molar-refractivity contribution in [2.45, 2.75) is 50.0 Å². The minimum absolute atomic E-state index is 0.0628. The number of quaternary nitrogens is 1. The first kappa shape index (κ1) is 12.7. The highest BCUT2D eigenvalue weighted by molar-refractivity contribution is 5.44. The third-order valence-electron chi connectivity index (χ3n) is 6.32. The van der Waals surface area contributed by atoms with Crippen LogP contribution in [0.1, 0.15) is 43.2 Å². The molecule has 1 unspecified atom stereocenters. The van der Waals surface area contributed by atoms with Crippen LogP contribution < -0.4 is 0 Å². The molecule has 1 aliphatic heterocycles. The standard InChI is InChI=1S/C17H23NO2/c1-18(20)9-8-17-7-3-2-4-14(17)16(18)10-12-5-6-13(19)11-15(12)17/h5-6,11,14,16,19H,2-4,7-10H2,1H3/t14-,16+,17-,18?/m1/s1.